The molecule has 1 N–H and O–H groups in total. The second kappa shape index (κ2) is 10.3. The van der Waals surface area contributed by atoms with E-state index in [9.17, 15) is 0 Å². The van der Waals surface area contributed by atoms with Gasteiger partial charge in [0.05, 0.1) is 6.61 Å². The lowest BCUT2D eigenvalue weighted by molar-refractivity contribution is 0.301. The molecule has 0 amide bonds. The molecule has 0 atom stereocenters. The molecule has 0 bridgehead atoms. The summed E-state index contributed by atoms with van der Waals surface area (Å²) in [4.78, 5) is 1.36. The lowest BCUT2D eigenvalue weighted by atomic mass is 10.0. The van der Waals surface area contributed by atoms with Crippen LogP contribution in [-0.2, 0) is 13.1 Å². The predicted molar refractivity (Wildman–Crippen MR) is 113 cm³/mol. The van der Waals surface area contributed by atoms with Gasteiger partial charge >= 0.3 is 0 Å². The first-order valence-electron chi connectivity index (χ1n) is 9.75. The van der Waals surface area contributed by atoms with Crippen LogP contribution in [0.3, 0.4) is 0 Å². The van der Waals surface area contributed by atoms with Crippen molar-refractivity contribution in [1.82, 2.24) is 5.32 Å². The van der Waals surface area contributed by atoms with E-state index in [1.54, 1.807) is 11.3 Å². The molecular weight excluding hydrogens is 338 g/mol. The van der Waals surface area contributed by atoms with Gasteiger partial charge in [0.1, 0.15) is 5.75 Å². The third kappa shape index (κ3) is 5.33. The number of thiophene rings is 1. The second-order valence-electron chi connectivity index (χ2n) is 6.71. The van der Waals surface area contributed by atoms with Crippen molar-refractivity contribution in [3.63, 3.8) is 0 Å². The van der Waals surface area contributed by atoms with Gasteiger partial charge < -0.3 is 10.1 Å². The Kier molecular flexibility index (Phi) is 7.53. The molecule has 0 aliphatic heterocycles. The zero-order valence-electron chi connectivity index (χ0n) is 15.7. The van der Waals surface area contributed by atoms with Crippen LogP contribution >= 0.6 is 11.3 Å². The van der Waals surface area contributed by atoms with Crippen molar-refractivity contribution in [1.29, 1.82) is 0 Å². The van der Waals surface area contributed by atoms with E-state index in [4.69, 9.17) is 4.74 Å². The zero-order valence-corrected chi connectivity index (χ0v) is 16.5. The number of ether oxygens (including phenoxy) is 1. The van der Waals surface area contributed by atoms with Gasteiger partial charge in [-0.05, 0) is 34.7 Å². The number of rotatable bonds is 11. The predicted octanol–water partition coefficient (Wildman–Crippen LogP) is 6.54. The Hall–Kier alpha value is -1.84. The van der Waals surface area contributed by atoms with Gasteiger partial charge in [0.25, 0.3) is 0 Å². The molecule has 1 aromatic heterocycles. The summed E-state index contributed by atoms with van der Waals surface area (Å²) in [6.07, 6.45) is 6.31. The number of hydrogen-bond donors (Lipinski definition) is 1. The largest absolute Gasteiger partial charge is 0.493 e. The molecule has 2 aromatic carbocycles. The molecule has 138 valence electrons. The number of benzene rings is 2. The molecule has 0 radical (unpaired) electrons. The van der Waals surface area contributed by atoms with Crippen LogP contribution in [0.4, 0.5) is 0 Å². The van der Waals surface area contributed by atoms with Crippen LogP contribution in [0.5, 0.6) is 5.75 Å². The van der Waals surface area contributed by atoms with Crippen LogP contribution in [0, 0.1) is 0 Å². The summed E-state index contributed by atoms with van der Waals surface area (Å²) in [5.74, 6) is 1.03. The fourth-order valence-corrected chi connectivity index (χ4v) is 3.92. The van der Waals surface area contributed by atoms with Gasteiger partial charge in [-0.1, -0.05) is 69.0 Å². The molecule has 26 heavy (non-hydrogen) atoms. The maximum absolute atomic E-state index is 6.18. The van der Waals surface area contributed by atoms with Crippen LogP contribution in [0.25, 0.3) is 10.8 Å². The average Bonchev–Trinajstić information content (AvgIpc) is 3.19. The van der Waals surface area contributed by atoms with Crippen molar-refractivity contribution in [3.8, 4) is 5.75 Å². The lowest BCUT2D eigenvalue weighted by Crippen LogP contribution is -2.13. The third-order valence-corrected chi connectivity index (χ3v) is 5.56. The van der Waals surface area contributed by atoms with Gasteiger partial charge in [0, 0.05) is 23.5 Å². The van der Waals surface area contributed by atoms with Gasteiger partial charge in [-0.15, -0.1) is 11.3 Å². The van der Waals surface area contributed by atoms with Crippen LogP contribution in [0.1, 0.15) is 49.5 Å². The van der Waals surface area contributed by atoms with Crippen molar-refractivity contribution in [2.45, 2.75) is 52.1 Å². The number of hydrogen-bond acceptors (Lipinski definition) is 3. The minimum absolute atomic E-state index is 0.806. The fourth-order valence-electron chi connectivity index (χ4n) is 3.25. The monoisotopic (exact) mass is 367 g/mol. The number of unbranched alkanes of at least 4 members (excludes halogenated alkanes) is 4. The van der Waals surface area contributed by atoms with Crippen molar-refractivity contribution < 1.29 is 4.74 Å². The van der Waals surface area contributed by atoms with Crippen LogP contribution in [-0.4, -0.2) is 6.61 Å². The van der Waals surface area contributed by atoms with Gasteiger partial charge in [0.2, 0.25) is 0 Å². The summed E-state index contributed by atoms with van der Waals surface area (Å²) in [7, 11) is 0. The Morgan fingerprint density at radius 1 is 0.885 bits per heavy atom. The van der Waals surface area contributed by atoms with Crippen molar-refractivity contribution in [3.05, 3.63) is 64.4 Å². The first-order valence-corrected chi connectivity index (χ1v) is 10.6. The van der Waals surface area contributed by atoms with E-state index in [0.29, 0.717) is 0 Å². The molecule has 2 nitrogen and oxygen atoms in total. The highest BCUT2D eigenvalue weighted by Gasteiger charge is 2.09. The van der Waals surface area contributed by atoms with Crippen LogP contribution in [0.2, 0.25) is 0 Å². The lowest BCUT2D eigenvalue weighted by Gasteiger charge is -2.15. The summed E-state index contributed by atoms with van der Waals surface area (Å²) < 4.78 is 6.18. The van der Waals surface area contributed by atoms with Crippen molar-refractivity contribution in [2.75, 3.05) is 6.61 Å². The number of nitrogens with one attached hydrogen (secondary N) is 1. The molecule has 3 aromatic rings. The first-order chi connectivity index (χ1) is 12.9. The maximum atomic E-state index is 6.18. The normalized spacial score (nSPS) is 11.1. The van der Waals surface area contributed by atoms with E-state index in [0.717, 1.165) is 31.9 Å². The van der Waals surface area contributed by atoms with E-state index >= 15 is 0 Å². The SMILES string of the molecule is CCCCCCCOc1ccc2ccccc2c1CNCc1cccs1. The van der Waals surface area contributed by atoms with Gasteiger partial charge in [0.15, 0.2) is 0 Å². The molecule has 0 aliphatic carbocycles. The Bertz CT molecular complexity index is 782. The number of fused-ring (bicyclic) bond motifs is 1. The Morgan fingerprint density at radius 2 is 1.77 bits per heavy atom. The van der Waals surface area contributed by atoms with Crippen molar-refractivity contribution in [2.24, 2.45) is 0 Å². The quantitative estimate of drug-likeness (QED) is 0.388. The molecule has 0 aliphatic rings. The highest BCUT2D eigenvalue weighted by atomic mass is 32.1. The minimum atomic E-state index is 0.806. The van der Waals surface area contributed by atoms with E-state index in [2.05, 4.69) is 66.2 Å². The molecule has 0 unspecified atom stereocenters. The summed E-state index contributed by atoms with van der Waals surface area (Å²) in [6, 6.07) is 17.2. The summed E-state index contributed by atoms with van der Waals surface area (Å²) in [5.41, 5.74) is 1.27. The molecular formula is C23H29NOS. The molecule has 0 fully saturated rings. The maximum Gasteiger partial charge on any atom is 0.124 e. The van der Waals surface area contributed by atoms with E-state index < -0.39 is 0 Å². The highest BCUT2D eigenvalue weighted by molar-refractivity contribution is 7.09. The molecule has 0 saturated heterocycles. The molecule has 1 heterocycles. The topological polar surface area (TPSA) is 21.3 Å². The Balaban J connectivity index is 1.65. The van der Waals surface area contributed by atoms with Gasteiger partial charge in [-0.3, -0.25) is 0 Å². The minimum Gasteiger partial charge on any atom is -0.493 e. The van der Waals surface area contributed by atoms with Crippen molar-refractivity contribution >= 4 is 22.1 Å². The molecule has 3 rings (SSSR count). The standard InChI is InChI=1S/C23H29NOS/c1-2-3-4-5-8-15-25-23-14-13-19-10-6-7-12-21(19)22(23)18-24-17-20-11-9-16-26-20/h6-7,9-14,16,24H,2-5,8,15,17-18H2,1H3. The Labute approximate surface area is 161 Å². The smallest absolute Gasteiger partial charge is 0.124 e. The molecule has 0 saturated carbocycles. The molecule has 0 spiro atoms. The third-order valence-electron chi connectivity index (χ3n) is 4.68. The van der Waals surface area contributed by atoms with Crippen LogP contribution in [0.15, 0.2) is 53.9 Å². The zero-order chi connectivity index (χ0) is 18.0. The van der Waals surface area contributed by atoms with E-state index in [-0.39, 0.29) is 0 Å². The molecule has 3 heteroatoms. The summed E-state index contributed by atoms with van der Waals surface area (Å²) in [5, 5.41) is 8.27. The highest BCUT2D eigenvalue weighted by Crippen LogP contribution is 2.28. The Morgan fingerprint density at radius 3 is 2.62 bits per heavy atom. The average molecular weight is 368 g/mol. The second-order valence-corrected chi connectivity index (χ2v) is 7.74. The van der Waals surface area contributed by atoms with E-state index in [1.807, 2.05) is 0 Å². The fraction of sp³-hybridized carbons (Fsp3) is 0.391. The first kappa shape index (κ1) is 18.9. The van der Waals surface area contributed by atoms with E-state index in [1.165, 1.54) is 46.9 Å². The van der Waals surface area contributed by atoms with Gasteiger partial charge in [-0.25, -0.2) is 0 Å². The van der Waals surface area contributed by atoms with Gasteiger partial charge in [-0.2, -0.15) is 0 Å². The summed E-state index contributed by atoms with van der Waals surface area (Å²) in [6.45, 7) is 4.78. The van der Waals surface area contributed by atoms with Crippen LogP contribution < -0.4 is 10.1 Å². The summed E-state index contributed by atoms with van der Waals surface area (Å²) >= 11 is 1.80.